The number of amides is 1. The standard InChI is InChI=1S/C14H13NO4/c16-13(10-6-11(10)14(17)18)15-7-9-5-8-3-1-2-4-12(8)19-9/h1-5,10-11H,6-7H2,(H,15,16)(H,17,18)/t10-,11-/m0/s1. The number of rotatable bonds is 4. The van der Waals surface area contributed by atoms with E-state index in [0.29, 0.717) is 12.2 Å². The van der Waals surface area contributed by atoms with Crippen LogP contribution in [0.3, 0.4) is 0 Å². The second-order valence-electron chi connectivity index (χ2n) is 4.76. The van der Waals surface area contributed by atoms with Gasteiger partial charge >= 0.3 is 5.97 Å². The molecule has 2 aromatic rings. The van der Waals surface area contributed by atoms with E-state index in [4.69, 9.17) is 9.52 Å². The van der Waals surface area contributed by atoms with Gasteiger partial charge in [-0.3, -0.25) is 9.59 Å². The Morgan fingerprint density at radius 1 is 1.32 bits per heavy atom. The number of hydrogen-bond acceptors (Lipinski definition) is 3. The molecule has 98 valence electrons. The summed E-state index contributed by atoms with van der Waals surface area (Å²) in [5.41, 5.74) is 0.779. The number of furan rings is 1. The number of para-hydroxylation sites is 1. The number of benzene rings is 1. The summed E-state index contributed by atoms with van der Waals surface area (Å²) < 4.78 is 5.56. The highest BCUT2D eigenvalue weighted by Gasteiger charge is 2.48. The van der Waals surface area contributed by atoms with E-state index in [9.17, 15) is 9.59 Å². The van der Waals surface area contributed by atoms with E-state index in [0.717, 1.165) is 11.0 Å². The van der Waals surface area contributed by atoms with Crippen LogP contribution in [0.5, 0.6) is 0 Å². The minimum Gasteiger partial charge on any atom is -0.481 e. The van der Waals surface area contributed by atoms with Crippen LogP contribution >= 0.6 is 0 Å². The highest BCUT2D eigenvalue weighted by molar-refractivity contribution is 5.89. The molecule has 1 aliphatic carbocycles. The molecular formula is C14H13NO4. The van der Waals surface area contributed by atoms with Crippen molar-refractivity contribution in [2.45, 2.75) is 13.0 Å². The molecule has 1 amide bonds. The van der Waals surface area contributed by atoms with Crippen LogP contribution in [0.15, 0.2) is 34.7 Å². The van der Waals surface area contributed by atoms with E-state index in [1.807, 2.05) is 30.3 Å². The van der Waals surface area contributed by atoms with Crippen LogP contribution < -0.4 is 5.32 Å². The van der Waals surface area contributed by atoms with E-state index in [1.54, 1.807) is 0 Å². The van der Waals surface area contributed by atoms with Crippen LogP contribution in [0.25, 0.3) is 11.0 Å². The number of aliphatic carboxylic acids is 1. The minimum absolute atomic E-state index is 0.215. The number of hydrogen-bond donors (Lipinski definition) is 2. The Hall–Kier alpha value is -2.30. The summed E-state index contributed by atoms with van der Waals surface area (Å²) in [4.78, 5) is 22.4. The van der Waals surface area contributed by atoms with E-state index >= 15 is 0 Å². The smallest absolute Gasteiger partial charge is 0.307 e. The summed E-state index contributed by atoms with van der Waals surface area (Å²) >= 11 is 0. The predicted molar refractivity (Wildman–Crippen MR) is 67.3 cm³/mol. The lowest BCUT2D eigenvalue weighted by Gasteiger charge is -2.01. The van der Waals surface area contributed by atoms with Gasteiger partial charge in [0.25, 0.3) is 0 Å². The van der Waals surface area contributed by atoms with Gasteiger partial charge in [0.05, 0.1) is 18.4 Å². The zero-order chi connectivity index (χ0) is 13.4. The fraction of sp³-hybridized carbons (Fsp3) is 0.286. The zero-order valence-electron chi connectivity index (χ0n) is 10.1. The molecule has 5 nitrogen and oxygen atoms in total. The lowest BCUT2D eigenvalue weighted by molar-refractivity contribution is -0.140. The first-order valence-electron chi connectivity index (χ1n) is 6.13. The van der Waals surface area contributed by atoms with E-state index in [2.05, 4.69) is 5.32 Å². The SMILES string of the molecule is O=C(O)[C@H]1C[C@@H]1C(=O)NCc1cc2ccccc2o1. The first kappa shape index (κ1) is 11.8. The van der Waals surface area contributed by atoms with Gasteiger partial charge < -0.3 is 14.8 Å². The largest absolute Gasteiger partial charge is 0.481 e. The van der Waals surface area contributed by atoms with E-state index in [1.165, 1.54) is 0 Å². The molecule has 0 unspecified atom stereocenters. The van der Waals surface area contributed by atoms with E-state index < -0.39 is 11.9 Å². The van der Waals surface area contributed by atoms with Gasteiger partial charge in [-0.2, -0.15) is 0 Å². The van der Waals surface area contributed by atoms with Crippen LogP contribution in [0.2, 0.25) is 0 Å². The zero-order valence-corrected chi connectivity index (χ0v) is 10.1. The molecule has 0 radical (unpaired) electrons. The average molecular weight is 259 g/mol. The van der Waals surface area contributed by atoms with Crippen LogP contribution in [0.1, 0.15) is 12.2 Å². The number of nitrogens with one attached hydrogen (secondary N) is 1. The highest BCUT2D eigenvalue weighted by atomic mass is 16.4. The molecule has 5 heteroatoms. The number of carboxylic acids is 1. The number of carboxylic acid groups (broad SMARTS) is 1. The van der Waals surface area contributed by atoms with Gasteiger partial charge in [-0.1, -0.05) is 18.2 Å². The Morgan fingerprint density at radius 2 is 2.11 bits per heavy atom. The first-order valence-corrected chi connectivity index (χ1v) is 6.13. The molecule has 0 saturated heterocycles. The molecule has 0 bridgehead atoms. The maximum absolute atomic E-state index is 11.7. The summed E-state index contributed by atoms with van der Waals surface area (Å²) in [5, 5.41) is 12.5. The second-order valence-corrected chi connectivity index (χ2v) is 4.76. The third-order valence-electron chi connectivity index (χ3n) is 3.36. The lowest BCUT2D eigenvalue weighted by atomic mass is 10.2. The average Bonchev–Trinajstić information content (AvgIpc) is 3.09. The summed E-state index contributed by atoms with van der Waals surface area (Å²) in [6, 6.07) is 9.47. The third kappa shape index (κ3) is 2.31. The van der Waals surface area contributed by atoms with Crippen molar-refractivity contribution in [1.82, 2.24) is 5.32 Å². The molecular weight excluding hydrogens is 246 g/mol. The maximum atomic E-state index is 11.7. The van der Waals surface area contributed by atoms with Crippen molar-refractivity contribution < 1.29 is 19.1 Å². The Kier molecular flexibility index (Phi) is 2.74. The summed E-state index contributed by atoms with van der Waals surface area (Å²) in [6.07, 6.45) is 0.432. The molecule has 1 fully saturated rings. The summed E-state index contributed by atoms with van der Waals surface area (Å²) in [7, 11) is 0. The van der Waals surface area contributed by atoms with Gasteiger partial charge in [0, 0.05) is 5.39 Å². The second kappa shape index (κ2) is 4.42. The predicted octanol–water partition coefficient (Wildman–Crippen LogP) is 1.77. The third-order valence-corrected chi connectivity index (χ3v) is 3.36. The van der Waals surface area contributed by atoms with E-state index in [-0.39, 0.29) is 18.4 Å². The quantitative estimate of drug-likeness (QED) is 0.877. The molecule has 1 heterocycles. The molecule has 1 saturated carbocycles. The van der Waals surface area contributed by atoms with Crippen LogP contribution in [0, 0.1) is 11.8 Å². The maximum Gasteiger partial charge on any atom is 0.307 e. The molecule has 2 atom stereocenters. The Morgan fingerprint density at radius 3 is 2.79 bits per heavy atom. The van der Waals surface area contributed by atoms with Gasteiger partial charge in [0.15, 0.2) is 0 Å². The van der Waals surface area contributed by atoms with Crippen molar-refractivity contribution in [3.05, 3.63) is 36.1 Å². The van der Waals surface area contributed by atoms with Gasteiger partial charge in [-0.05, 0) is 18.6 Å². The molecule has 2 N–H and O–H groups in total. The fourth-order valence-electron chi connectivity index (χ4n) is 2.19. The fourth-order valence-corrected chi connectivity index (χ4v) is 2.19. The Labute approximate surface area is 109 Å². The van der Waals surface area contributed by atoms with Crippen molar-refractivity contribution in [3.8, 4) is 0 Å². The lowest BCUT2D eigenvalue weighted by Crippen LogP contribution is -2.25. The Bertz CT molecular complexity index is 613. The molecule has 0 aliphatic heterocycles. The van der Waals surface area contributed by atoms with Crippen molar-refractivity contribution >= 4 is 22.8 Å². The topological polar surface area (TPSA) is 79.5 Å². The van der Waals surface area contributed by atoms with Crippen molar-refractivity contribution in [2.24, 2.45) is 11.8 Å². The molecule has 19 heavy (non-hydrogen) atoms. The Balaban J connectivity index is 1.60. The number of fused-ring (bicyclic) bond motifs is 1. The normalized spacial score (nSPS) is 21.3. The monoisotopic (exact) mass is 259 g/mol. The van der Waals surface area contributed by atoms with Gasteiger partial charge in [0.2, 0.25) is 5.91 Å². The molecule has 1 aromatic carbocycles. The van der Waals surface area contributed by atoms with Gasteiger partial charge in [-0.25, -0.2) is 0 Å². The first-order chi connectivity index (χ1) is 9.15. The van der Waals surface area contributed by atoms with Crippen LogP contribution in [-0.2, 0) is 16.1 Å². The molecule has 3 rings (SSSR count). The molecule has 0 spiro atoms. The highest BCUT2D eigenvalue weighted by Crippen LogP contribution is 2.38. The van der Waals surface area contributed by atoms with Crippen molar-refractivity contribution in [1.29, 1.82) is 0 Å². The number of carbonyl (C=O) groups is 2. The number of carbonyl (C=O) groups excluding carboxylic acids is 1. The van der Waals surface area contributed by atoms with Crippen LogP contribution in [-0.4, -0.2) is 17.0 Å². The summed E-state index contributed by atoms with van der Waals surface area (Å²) in [6.45, 7) is 0.288. The van der Waals surface area contributed by atoms with Gasteiger partial charge in [0.1, 0.15) is 11.3 Å². The van der Waals surface area contributed by atoms with Crippen molar-refractivity contribution in [2.75, 3.05) is 0 Å². The molecule has 1 aromatic heterocycles. The summed E-state index contributed by atoms with van der Waals surface area (Å²) in [5.74, 6) is -1.35. The van der Waals surface area contributed by atoms with Crippen molar-refractivity contribution in [3.63, 3.8) is 0 Å². The molecule has 1 aliphatic rings. The van der Waals surface area contributed by atoms with Crippen LogP contribution in [0.4, 0.5) is 0 Å². The minimum atomic E-state index is -0.899. The van der Waals surface area contributed by atoms with Gasteiger partial charge in [-0.15, -0.1) is 0 Å².